The summed E-state index contributed by atoms with van der Waals surface area (Å²) in [6.07, 6.45) is 3.61. The first kappa shape index (κ1) is 7.81. The van der Waals surface area contributed by atoms with E-state index in [2.05, 4.69) is 25.1 Å². The molecule has 0 radical (unpaired) electrons. The minimum atomic E-state index is 0.286. The first-order chi connectivity index (χ1) is 5.77. The van der Waals surface area contributed by atoms with Crippen molar-refractivity contribution >= 4 is 0 Å². The maximum Gasteiger partial charge on any atom is 0.0297 e. The van der Waals surface area contributed by atoms with Gasteiger partial charge in [-0.3, -0.25) is 0 Å². The Morgan fingerprint density at radius 2 is 2.25 bits per heavy atom. The maximum atomic E-state index is 6.00. The normalized spacial score (nSPS) is 22.0. The second-order valence-electron chi connectivity index (χ2n) is 3.70. The topological polar surface area (TPSA) is 26.0 Å². The van der Waals surface area contributed by atoms with Gasteiger partial charge in [-0.1, -0.05) is 23.8 Å². The maximum absolute atomic E-state index is 6.00. The van der Waals surface area contributed by atoms with E-state index in [1.165, 1.54) is 29.5 Å². The van der Waals surface area contributed by atoms with Crippen LogP contribution in [0.4, 0.5) is 0 Å². The second-order valence-corrected chi connectivity index (χ2v) is 3.70. The number of aryl methyl sites for hydroxylation is 2. The third-order valence-corrected chi connectivity index (χ3v) is 2.66. The fraction of sp³-hybridized carbons (Fsp3) is 0.455. The lowest BCUT2D eigenvalue weighted by Gasteiger charge is -2.22. The Hall–Kier alpha value is -0.820. The molecule has 1 nitrogen and oxygen atoms in total. The molecule has 0 heterocycles. The van der Waals surface area contributed by atoms with E-state index in [1.807, 2.05) is 0 Å². The number of hydrogen-bond acceptors (Lipinski definition) is 1. The molecule has 1 heteroatoms. The molecule has 0 saturated heterocycles. The van der Waals surface area contributed by atoms with Crippen molar-refractivity contribution < 1.29 is 0 Å². The largest absolute Gasteiger partial charge is 0.324 e. The summed E-state index contributed by atoms with van der Waals surface area (Å²) in [6.45, 7) is 2.14. The van der Waals surface area contributed by atoms with Crippen LogP contribution in [0.15, 0.2) is 18.2 Å². The van der Waals surface area contributed by atoms with Gasteiger partial charge in [0, 0.05) is 6.04 Å². The molecule has 0 aromatic heterocycles. The predicted molar refractivity (Wildman–Crippen MR) is 51.0 cm³/mol. The van der Waals surface area contributed by atoms with Gasteiger partial charge in [0.15, 0.2) is 0 Å². The van der Waals surface area contributed by atoms with Gasteiger partial charge in [0.1, 0.15) is 0 Å². The van der Waals surface area contributed by atoms with E-state index >= 15 is 0 Å². The van der Waals surface area contributed by atoms with Gasteiger partial charge in [-0.05, 0) is 37.3 Å². The summed E-state index contributed by atoms with van der Waals surface area (Å²) in [7, 11) is 0. The zero-order valence-corrected chi connectivity index (χ0v) is 7.51. The molecule has 1 aliphatic carbocycles. The van der Waals surface area contributed by atoms with Crippen molar-refractivity contribution in [3.05, 3.63) is 34.9 Å². The van der Waals surface area contributed by atoms with Crippen molar-refractivity contribution in [2.24, 2.45) is 5.73 Å². The third-order valence-electron chi connectivity index (χ3n) is 2.66. The van der Waals surface area contributed by atoms with Gasteiger partial charge in [0.05, 0.1) is 0 Å². The van der Waals surface area contributed by atoms with E-state index in [-0.39, 0.29) is 6.04 Å². The van der Waals surface area contributed by atoms with Crippen LogP contribution in [0.25, 0.3) is 0 Å². The van der Waals surface area contributed by atoms with Crippen LogP contribution in [0, 0.1) is 6.92 Å². The number of benzene rings is 1. The molecule has 1 aliphatic rings. The Bertz CT molecular complexity index is 291. The molecular formula is C11H15N. The zero-order valence-electron chi connectivity index (χ0n) is 7.51. The van der Waals surface area contributed by atoms with Crippen LogP contribution in [0.1, 0.15) is 35.6 Å². The van der Waals surface area contributed by atoms with E-state index in [9.17, 15) is 0 Å². The quantitative estimate of drug-likeness (QED) is 0.621. The van der Waals surface area contributed by atoms with E-state index < -0.39 is 0 Å². The van der Waals surface area contributed by atoms with Crippen LogP contribution in [0.5, 0.6) is 0 Å². The van der Waals surface area contributed by atoms with E-state index in [1.54, 1.807) is 0 Å². The summed E-state index contributed by atoms with van der Waals surface area (Å²) in [5, 5.41) is 0. The van der Waals surface area contributed by atoms with Crippen LogP contribution in [-0.4, -0.2) is 0 Å². The molecule has 1 unspecified atom stereocenters. The van der Waals surface area contributed by atoms with Crippen LogP contribution >= 0.6 is 0 Å². The molecular weight excluding hydrogens is 146 g/mol. The van der Waals surface area contributed by atoms with Gasteiger partial charge in [-0.15, -0.1) is 0 Å². The highest BCUT2D eigenvalue weighted by molar-refractivity contribution is 5.35. The Morgan fingerprint density at radius 3 is 3.08 bits per heavy atom. The van der Waals surface area contributed by atoms with Crippen molar-refractivity contribution in [1.29, 1.82) is 0 Å². The Kier molecular flexibility index (Phi) is 1.89. The summed E-state index contributed by atoms with van der Waals surface area (Å²) >= 11 is 0. The molecule has 12 heavy (non-hydrogen) atoms. The smallest absolute Gasteiger partial charge is 0.0297 e. The van der Waals surface area contributed by atoms with Gasteiger partial charge in [-0.25, -0.2) is 0 Å². The van der Waals surface area contributed by atoms with Gasteiger partial charge in [0.2, 0.25) is 0 Å². The minimum Gasteiger partial charge on any atom is -0.324 e. The molecule has 1 aromatic carbocycles. The SMILES string of the molecule is Cc1ccc2c(c1)CCCC2N. The van der Waals surface area contributed by atoms with Gasteiger partial charge >= 0.3 is 0 Å². The van der Waals surface area contributed by atoms with Crippen molar-refractivity contribution in [1.82, 2.24) is 0 Å². The van der Waals surface area contributed by atoms with Crippen LogP contribution < -0.4 is 5.73 Å². The van der Waals surface area contributed by atoms with Crippen molar-refractivity contribution in [2.45, 2.75) is 32.2 Å². The summed E-state index contributed by atoms with van der Waals surface area (Å²) < 4.78 is 0. The highest BCUT2D eigenvalue weighted by Crippen LogP contribution is 2.28. The summed E-state index contributed by atoms with van der Waals surface area (Å²) in [5.41, 5.74) is 10.2. The summed E-state index contributed by atoms with van der Waals surface area (Å²) in [4.78, 5) is 0. The van der Waals surface area contributed by atoms with Gasteiger partial charge in [-0.2, -0.15) is 0 Å². The molecule has 1 atom stereocenters. The molecule has 0 amide bonds. The van der Waals surface area contributed by atoms with Crippen LogP contribution in [0.2, 0.25) is 0 Å². The molecule has 2 rings (SSSR count). The fourth-order valence-electron chi connectivity index (χ4n) is 1.98. The van der Waals surface area contributed by atoms with Gasteiger partial charge < -0.3 is 5.73 Å². The van der Waals surface area contributed by atoms with Crippen LogP contribution in [-0.2, 0) is 6.42 Å². The summed E-state index contributed by atoms with van der Waals surface area (Å²) in [5.74, 6) is 0. The number of hydrogen-bond donors (Lipinski definition) is 1. The highest BCUT2D eigenvalue weighted by Gasteiger charge is 2.15. The molecule has 0 aliphatic heterocycles. The first-order valence-corrected chi connectivity index (χ1v) is 4.62. The van der Waals surface area contributed by atoms with E-state index in [0.29, 0.717) is 0 Å². The molecule has 0 bridgehead atoms. The first-order valence-electron chi connectivity index (χ1n) is 4.62. The lowest BCUT2D eigenvalue weighted by atomic mass is 9.87. The Morgan fingerprint density at radius 1 is 1.42 bits per heavy atom. The van der Waals surface area contributed by atoms with Crippen molar-refractivity contribution in [3.8, 4) is 0 Å². The van der Waals surface area contributed by atoms with Crippen molar-refractivity contribution in [3.63, 3.8) is 0 Å². The second kappa shape index (κ2) is 2.91. The lowest BCUT2D eigenvalue weighted by molar-refractivity contribution is 0.570. The number of fused-ring (bicyclic) bond motifs is 1. The minimum absolute atomic E-state index is 0.286. The average Bonchev–Trinajstić information content (AvgIpc) is 2.04. The number of rotatable bonds is 0. The Balaban J connectivity index is 2.46. The molecule has 0 fully saturated rings. The van der Waals surface area contributed by atoms with E-state index in [0.717, 1.165) is 6.42 Å². The molecule has 1 aromatic rings. The van der Waals surface area contributed by atoms with E-state index in [4.69, 9.17) is 5.73 Å². The third kappa shape index (κ3) is 1.25. The van der Waals surface area contributed by atoms with Crippen LogP contribution in [0.3, 0.4) is 0 Å². The van der Waals surface area contributed by atoms with Gasteiger partial charge in [0.25, 0.3) is 0 Å². The fourth-order valence-corrected chi connectivity index (χ4v) is 1.98. The van der Waals surface area contributed by atoms with Crippen molar-refractivity contribution in [2.75, 3.05) is 0 Å². The standard InChI is InChI=1S/C11H15N/c1-8-5-6-10-9(7-8)3-2-4-11(10)12/h5-7,11H,2-4,12H2,1H3. The lowest BCUT2D eigenvalue weighted by Crippen LogP contribution is -2.17. The highest BCUT2D eigenvalue weighted by atomic mass is 14.6. The monoisotopic (exact) mass is 161 g/mol. The Labute approximate surface area is 73.6 Å². The average molecular weight is 161 g/mol. The molecule has 0 spiro atoms. The zero-order chi connectivity index (χ0) is 8.55. The summed E-state index contributed by atoms with van der Waals surface area (Å²) in [6, 6.07) is 6.90. The predicted octanol–water partition coefficient (Wildman–Crippen LogP) is 2.33. The molecule has 0 saturated carbocycles. The molecule has 64 valence electrons. The molecule has 2 N–H and O–H groups in total. The number of nitrogens with two attached hydrogens (primary N) is 1.